The Bertz CT molecular complexity index is 525. The average molecular weight is 398 g/mol. The highest BCUT2D eigenvalue weighted by atomic mass is 16.6. The van der Waals surface area contributed by atoms with Crippen LogP contribution in [0.2, 0.25) is 0 Å². The minimum atomic E-state index is -1.08. The number of amides is 1. The fourth-order valence-electron chi connectivity index (χ4n) is 3.35. The highest BCUT2D eigenvalue weighted by molar-refractivity contribution is 5.76. The van der Waals surface area contributed by atoms with Crippen LogP contribution in [-0.2, 0) is 23.7 Å². The molecule has 1 aliphatic rings. The molecule has 0 bridgehead atoms. The highest BCUT2D eigenvalue weighted by Gasteiger charge is 2.38. The second-order valence-electron chi connectivity index (χ2n) is 7.37. The quantitative estimate of drug-likeness (QED) is 0.415. The first kappa shape index (κ1) is 24.2. The Morgan fingerprint density at radius 1 is 1.21 bits per heavy atom. The molecule has 0 aromatic carbocycles. The van der Waals surface area contributed by atoms with E-state index in [1.165, 1.54) is 7.11 Å². The highest BCUT2D eigenvalue weighted by Crippen LogP contribution is 2.24. The van der Waals surface area contributed by atoms with Crippen LogP contribution < -0.4 is 0 Å². The topological polar surface area (TPSA) is 74.3 Å². The standard InChI is InChI=1S/C21H35NO6/c1-8-11-18(28-21(24)22(14(3)4)15(5)6)19(20(23)25-7)27-17-12-10-13-26-16(17)9-2/h8-9,14-19H,1-2,10-13H2,3-7H3/t16-,17+,18+,19+/m1/s1. The number of methoxy groups -OCH3 is 1. The van der Waals surface area contributed by atoms with Crippen molar-refractivity contribution in [1.82, 2.24) is 4.90 Å². The Labute approximate surface area is 168 Å². The maximum Gasteiger partial charge on any atom is 0.410 e. The van der Waals surface area contributed by atoms with E-state index in [9.17, 15) is 9.59 Å². The predicted octanol–water partition coefficient (Wildman–Crippen LogP) is 3.48. The summed E-state index contributed by atoms with van der Waals surface area (Å²) in [6.07, 6.45) is 1.88. The van der Waals surface area contributed by atoms with E-state index in [1.54, 1.807) is 17.1 Å². The third-order valence-electron chi connectivity index (χ3n) is 4.61. The van der Waals surface area contributed by atoms with Gasteiger partial charge in [-0.25, -0.2) is 9.59 Å². The Hall–Kier alpha value is -1.86. The van der Waals surface area contributed by atoms with Crippen molar-refractivity contribution in [3.63, 3.8) is 0 Å². The van der Waals surface area contributed by atoms with E-state index in [0.717, 1.165) is 6.42 Å². The predicted molar refractivity (Wildman–Crippen MR) is 107 cm³/mol. The second kappa shape index (κ2) is 11.9. The third kappa shape index (κ3) is 6.63. The summed E-state index contributed by atoms with van der Waals surface area (Å²) in [5.41, 5.74) is 0. The van der Waals surface area contributed by atoms with Crippen molar-refractivity contribution >= 4 is 12.1 Å². The largest absolute Gasteiger partial charge is 0.467 e. The number of hydrogen-bond acceptors (Lipinski definition) is 6. The van der Waals surface area contributed by atoms with Crippen LogP contribution in [-0.4, -0.2) is 67.2 Å². The molecule has 0 unspecified atom stereocenters. The molecule has 1 rings (SSSR count). The average Bonchev–Trinajstić information content (AvgIpc) is 2.64. The fourth-order valence-corrected chi connectivity index (χ4v) is 3.35. The molecule has 0 aromatic rings. The van der Waals surface area contributed by atoms with Gasteiger partial charge >= 0.3 is 12.1 Å². The molecule has 0 spiro atoms. The molecule has 0 aliphatic carbocycles. The number of nitrogens with zero attached hydrogens (tertiary/aromatic N) is 1. The van der Waals surface area contributed by atoms with Crippen molar-refractivity contribution in [3.05, 3.63) is 25.3 Å². The van der Waals surface area contributed by atoms with Gasteiger partial charge in [-0.1, -0.05) is 12.2 Å². The second-order valence-corrected chi connectivity index (χ2v) is 7.37. The zero-order valence-electron chi connectivity index (χ0n) is 17.8. The lowest BCUT2D eigenvalue weighted by atomic mass is 10.0. The summed E-state index contributed by atoms with van der Waals surface area (Å²) in [7, 11) is 1.28. The van der Waals surface area contributed by atoms with Gasteiger partial charge in [0.2, 0.25) is 0 Å². The van der Waals surface area contributed by atoms with E-state index in [2.05, 4.69) is 13.2 Å². The Morgan fingerprint density at radius 3 is 2.36 bits per heavy atom. The van der Waals surface area contributed by atoms with Crippen molar-refractivity contribution in [2.45, 2.75) is 83.5 Å². The molecule has 1 saturated heterocycles. The van der Waals surface area contributed by atoms with Gasteiger partial charge in [-0.05, 0) is 40.5 Å². The summed E-state index contributed by atoms with van der Waals surface area (Å²) in [5.74, 6) is -0.603. The van der Waals surface area contributed by atoms with Crippen molar-refractivity contribution in [3.8, 4) is 0 Å². The van der Waals surface area contributed by atoms with Crippen LogP contribution in [0.25, 0.3) is 0 Å². The van der Waals surface area contributed by atoms with Crippen molar-refractivity contribution in [2.75, 3.05) is 13.7 Å². The normalized spacial score (nSPS) is 21.7. The molecule has 0 radical (unpaired) electrons. The molecule has 1 amide bonds. The minimum Gasteiger partial charge on any atom is -0.467 e. The van der Waals surface area contributed by atoms with Gasteiger partial charge < -0.3 is 23.8 Å². The molecule has 0 aromatic heterocycles. The van der Waals surface area contributed by atoms with Gasteiger partial charge in [0.25, 0.3) is 0 Å². The molecular formula is C21H35NO6. The minimum absolute atomic E-state index is 0.0498. The van der Waals surface area contributed by atoms with Crippen LogP contribution in [0, 0.1) is 0 Å². The summed E-state index contributed by atoms with van der Waals surface area (Å²) in [6.45, 7) is 15.7. The van der Waals surface area contributed by atoms with Crippen LogP contribution in [0.3, 0.4) is 0 Å². The van der Waals surface area contributed by atoms with Crippen LogP contribution >= 0.6 is 0 Å². The van der Waals surface area contributed by atoms with Crippen LogP contribution in [0.4, 0.5) is 4.79 Å². The van der Waals surface area contributed by atoms with Gasteiger partial charge in [0.15, 0.2) is 6.10 Å². The van der Waals surface area contributed by atoms with Crippen molar-refractivity contribution in [1.29, 1.82) is 0 Å². The summed E-state index contributed by atoms with van der Waals surface area (Å²) < 4.78 is 22.3. The van der Waals surface area contributed by atoms with Crippen LogP contribution in [0.1, 0.15) is 47.0 Å². The smallest absolute Gasteiger partial charge is 0.410 e. The summed E-state index contributed by atoms with van der Waals surface area (Å²) >= 11 is 0. The molecule has 28 heavy (non-hydrogen) atoms. The van der Waals surface area contributed by atoms with E-state index in [-0.39, 0.29) is 30.7 Å². The molecular weight excluding hydrogens is 362 g/mol. The SMILES string of the molecule is C=CC[C@H](OC(=O)N(C(C)C)C(C)C)[C@H](O[C@H]1CCCO[C@@H]1C=C)C(=O)OC. The van der Waals surface area contributed by atoms with Gasteiger partial charge in [-0.3, -0.25) is 0 Å². The lowest BCUT2D eigenvalue weighted by molar-refractivity contribution is -0.180. The van der Waals surface area contributed by atoms with Crippen LogP contribution in [0.5, 0.6) is 0 Å². The van der Waals surface area contributed by atoms with E-state index in [1.807, 2.05) is 27.7 Å². The first-order chi connectivity index (χ1) is 13.3. The maximum absolute atomic E-state index is 12.8. The fraction of sp³-hybridized carbons (Fsp3) is 0.714. The summed E-state index contributed by atoms with van der Waals surface area (Å²) in [4.78, 5) is 26.8. The van der Waals surface area contributed by atoms with Gasteiger partial charge in [0.1, 0.15) is 12.2 Å². The number of carbonyl (C=O) groups excluding carboxylic acids is 2. The van der Waals surface area contributed by atoms with Gasteiger partial charge in [0.05, 0.1) is 13.2 Å². The van der Waals surface area contributed by atoms with Gasteiger partial charge in [-0.2, -0.15) is 0 Å². The number of ether oxygens (including phenoxy) is 4. The zero-order chi connectivity index (χ0) is 21.3. The van der Waals surface area contributed by atoms with Crippen molar-refractivity contribution < 1.29 is 28.5 Å². The van der Waals surface area contributed by atoms with E-state index < -0.39 is 24.3 Å². The first-order valence-electron chi connectivity index (χ1n) is 9.84. The molecule has 7 nitrogen and oxygen atoms in total. The lowest BCUT2D eigenvalue weighted by Crippen LogP contribution is -2.49. The van der Waals surface area contributed by atoms with Gasteiger partial charge in [0, 0.05) is 25.1 Å². The van der Waals surface area contributed by atoms with E-state index >= 15 is 0 Å². The molecule has 1 heterocycles. The summed E-state index contributed by atoms with van der Waals surface area (Å²) in [5, 5.41) is 0. The first-order valence-corrected chi connectivity index (χ1v) is 9.84. The monoisotopic (exact) mass is 397 g/mol. The molecule has 7 heteroatoms. The number of rotatable bonds is 10. The molecule has 0 saturated carbocycles. The Morgan fingerprint density at radius 2 is 1.86 bits per heavy atom. The number of hydrogen-bond donors (Lipinski definition) is 0. The molecule has 0 N–H and O–H groups in total. The van der Waals surface area contributed by atoms with E-state index in [0.29, 0.717) is 13.0 Å². The zero-order valence-corrected chi connectivity index (χ0v) is 17.8. The Kier molecular flexibility index (Phi) is 10.2. The summed E-state index contributed by atoms with van der Waals surface area (Å²) in [6, 6.07) is -0.0995. The van der Waals surface area contributed by atoms with Crippen molar-refractivity contribution in [2.24, 2.45) is 0 Å². The number of carbonyl (C=O) groups is 2. The third-order valence-corrected chi connectivity index (χ3v) is 4.61. The number of esters is 1. The maximum atomic E-state index is 12.8. The van der Waals surface area contributed by atoms with E-state index in [4.69, 9.17) is 18.9 Å². The molecule has 1 aliphatic heterocycles. The molecule has 4 atom stereocenters. The molecule has 1 fully saturated rings. The van der Waals surface area contributed by atoms with Gasteiger partial charge in [-0.15, -0.1) is 13.2 Å². The Balaban J connectivity index is 3.04. The van der Waals surface area contributed by atoms with Crippen LogP contribution in [0.15, 0.2) is 25.3 Å². The molecule has 160 valence electrons. The lowest BCUT2D eigenvalue weighted by Gasteiger charge is -2.36.